The van der Waals surface area contributed by atoms with Crippen molar-refractivity contribution in [3.63, 3.8) is 0 Å². The molecule has 0 bridgehead atoms. The van der Waals surface area contributed by atoms with E-state index in [1.54, 1.807) is 13.8 Å². The Kier molecular flexibility index (Phi) is 4.80. The number of carboxylic acids is 1. The van der Waals surface area contributed by atoms with Gasteiger partial charge in [0, 0.05) is 11.7 Å². The molecule has 0 amide bonds. The largest absolute Gasteiger partial charge is 0.481 e. The fourth-order valence-corrected chi connectivity index (χ4v) is 1.70. The van der Waals surface area contributed by atoms with Gasteiger partial charge in [0.25, 0.3) is 0 Å². The van der Waals surface area contributed by atoms with Gasteiger partial charge >= 0.3 is 12.1 Å². The Morgan fingerprint density at radius 2 is 1.89 bits per heavy atom. The molecule has 0 heterocycles. The second kappa shape index (κ2) is 5.95. The molecule has 1 rings (SSSR count). The van der Waals surface area contributed by atoms with Crippen LogP contribution in [-0.4, -0.2) is 17.1 Å². The number of para-hydroxylation sites is 1. The van der Waals surface area contributed by atoms with E-state index in [4.69, 9.17) is 5.11 Å². The van der Waals surface area contributed by atoms with Crippen LogP contribution in [0.2, 0.25) is 0 Å². The average Bonchev–Trinajstić information content (AvgIpc) is 2.26. The van der Waals surface area contributed by atoms with Crippen molar-refractivity contribution in [2.24, 2.45) is 5.92 Å². The summed E-state index contributed by atoms with van der Waals surface area (Å²) < 4.78 is 38.4. The van der Waals surface area contributed by atoms with E-state index in [1.807, 2.05) is 0 Å². The van der Waals surface area contributed by atoms with Crippen LogP contribution in [0.15, 0.2) is 24.3 Å². The van der Waals surface area contributed by atoms with Crippen LogP contribution in [0.4, 0.5) is 18.9 Å². The van der Waals surface area contributed by atoms with Crippen molar-refractivity contribution < 1.29 is 23.1 Å². The Morgan fingerprint density at radius 1 is 1.32 bits per heavy atom. The fraction of sp³-hybridized carbons (Fsp3) is 0.462. The third-order valence-electron chi connectivity index (χ3n) is 2.77. The highest BCUT2D eigenvalue weighted by Crippen LogP contribution is 2.35. The summed E-state index contributed by atoms with van der Waals surface area (Å²) in [5.74, 6) is -1.15. The van der Waals surface area contributed by atoms with Gasteiger partial charge in [0.1, 0.15) is 0 Å². The summed E-state index contributed by atoms with van der Waals surface area (Å²) in [5.41, 5.74) is -0.874. The van der Waals surface area contributed by atoms with Gasteiger partial charge in [0.2, 0.25) is 0 Å². The number of hydrogen-bond acceptors (Lipinski definition) is 2. The second-order valence-corrected chi connectivity index (χ2v) is 4.64. The molecule has 0 aliphatic heterocycles. The molecule has 19 heavy (non-hydrogen) atoms. The molecule has 0 saturated heterocycles. The van der Waals surface area contributed by atoms with Crippen LogP contribution < -0.4 is 5.32 Å². The first kappa shape index (κ1) is 15.3. The van der Waals surface area contributed by atoms with Crippen LogP contribution in [0.25, 0.3) is 0 Å². The summed E-state index contributed by atoms with van der Waals surface area (Å²) in [5, 5.41) is 11.5. The minimum atomic E-state index is -4.46. The van der Waals surface area contributed by atoms with E-state index in [9.17, 15) is 18.0 Å². The number of hydrogen-bond donors (Lipinski definition) is 2. The summed E-state index contributed by atoms with van der Waals surface area (Å²) in [6, 6.07) is 4.51. The lowest BCUT2D eigenvalue weighted by Gasteiger charge is -2.24. The lowest BCUT2D eigenvalue weighted by molar-refractivity contribution is -0.137. The Balaban J connectivity index is 3.00. The van der Waals surface area contributed by atoms with E-state index in [2.05, 4.69) is 5.32 Å². The molecule has 0 aromatic heterocycles. The van der Waals surface area contributed by atoms with E-state index in [0.29, 0.717) is 0 Å². The van der Waals surface area contributed by atoms with Crippen LogP contribution in [-0.2, 0) is 11.0 Å². The molecular weight excluding hydrogens is 259 g/mol. The van der Waals surface area contributed by atoms with Crippen molar-refractivity contribution >= 4 is 11.7 Å². The van der Waals surface area contributed by atoms with E-state index in [1.165, 1.54) is 18.2 Å². The highest BCUT2D eigenvalue weighted by atomic mass is 19.4. The molecule has 0 fully saturated rings. The van der Waals surface area contributed by atoms with Crippen molar-refractivity contribution in [2.75, 3.05) is 5.32 Å². The monoisotopic (exact) mass is 275 g/mol. The number of alkyl halides is 3. The molecule has 0 saturated carbocycles. The maximum absolute atomic E-state index is 12.8. The number of benzene rings is 1. The van der Waals surface area contributed by atoms with Gasteiger partial charge in [-0.1, -0.05) is 26.0 Å². The standard InChI is InChI=1S/C13H16F3NO2/c1-8(2)11(7-12(18)19)17-10-6-4-3-5-9(10)13(14,15)16/h3-6,8,11,17H,7H2,1-2H3,(H,18,19). The molecule has 1 atom stereocenters. The van der Waals surface area contributed by atoms with Gasteiger partial charge in [-0.2, -0.15) is 13.2 Å². The van der Waals surface area contributed by atoms with Crippen molar-refractivity contribution in [3.8, 4) is 0 Å². The number of rotatable bonds is 5. The minimum absolute atomic E-state index is 0.0880. The van der Waals surface area contributed by atoms with Crippen molar-refractivity contribution in [1.82, 2.24) is 0 Å². The molecule has 0 aliphatic rings. The van der Waals surface area contributed by atoms with Gasteiger partial charge in [0.15, 0.2) is 0 Å². The first-order valence-electron chi connectivity index (χ1n) is 5.86. The molecule has 1 aromatic carbocycles. The Labute approximate surface area is 109 Å². The molecule has 2 N–H and O–H groups in total. The zero-order valence-electron chi connectivity index (χ0n) is 10.7. The molecule has 0 spiro atoms. The summed E-state index contributed by atoms with van der Waals surface area (Å²) in [6.07, 6.45) is -4.70. The van der Waals surface area contributed by atoms with Gasteiger partial charge in [-0.3, -0.25) is 4.79 Å². The average molecular weight is 275 g/mol. The van der Waals surface area contributed by atoms with Crippen molar-refractivity contribution in [3.05, 3.63) is 29.8 Å². The van der Waals surface area contributed by atoms with E-state index in [-0.39, 0.29) is 18.0 Å². The lowest BCUT2D eigenvalue weighted by atomic mass is 10.00. The quantitative estimate of drug-likeness (QED) is 0.863. The highest BCUT2D eigenvalue weighted by Gasteiger charge is 2.34. The Hall–Kier alpha value is -1.72. The number of carboxylic acid groups (broad SMARTS) is 1. The highest BCUT2D eigenvalue weighted by molar-refractivity contribution is 5.68. The SMILES string of the molecule is CC(C)C(CC(=O)O)Nc1ccccc1C(F)(F)F. The zero-order valence-corrected chi connectivity index (χ0v) is 10.7. The molecular formula is C13H16F3NO2. The number of carbonyl (C=O) groups is 1. The van der Waals surface area contributed by atoms with Gasteiger partial charge in [-0.25, -0.2) is 0 Å². The number of anilines is 1. The first-order valence-corrected chi connectivity index (χ1v) is 5.86. The van der Waals surface area contributed by atoms with Crippen LogP contribution in [0, 0.1) is 5.92 Å². The minimum Gasteiger partial charge on any atom is -0.481 e. The van der Waals surface area contributed by atoms with Gasteiger partial charge in [-0.15, -0.1) is 0 Å². The van der Waals surface area contributed by atoms with Gasteiger partial charge < -0.3 is 10.4 Å². The normalized spacial score (nSPS) is 13.4. The Morgan fingerprint density at radius 3 is 2.37 bits per heavy atom. The molecule has 0 aliphatic carbocycles. The van der Waals surface area contributed by atoms with E-state index < -0.39 is 23.8 Å². The maximum Gasteiger partial charge on any atom is 0.418 e. The Bertz CT molecular complexity index is 444. The zero-order chi connectivity index (χ0) is 14.6. The molecule has 6 heteroatoms. The predicted octanol–water partition coefficient (Wildman–Crippen LogP) is 3.62. The topological polar surface area (TPSA) is 49.3 Å². The van der Waals surface area contributed by atoms with Gasteiger partial charge in [0.05, 0.1) is 12.0 Å². The third kappa shape index (κ3) is 4.46. The van der Waals surface area contributed by atoms with Crippen LogP contribution in [0.5, 0.6) is 0 Å². The molecule has 1 unspecified atom stereocenters. The second-order valence-electron chi connectivity index (χ2n) is 4.64. The smallest absolute Gasteiger partial charge is 0.418 e. The van der Waals surface area contributed by atoms with E-state index >= 15 is 0 Å². The summed E-state index contributed by atoms with van der Waals surface area (Å²) in [4.78, 5) is 10.7. The van der Waals surface area contributed by atoms with Crippen molar-refractivity contribution in [2.45, 2.75) is 32.5 Å². The van der Waals surface area contributed by atoms with Gasteiger partial charge in [-0.05, 0) is 18.1 Å². The first-order chi connectivity index (χ1) is 8.71. The number of aliphatic carboxylic acids is 1. The van der Waals surface area contributed by atoms with E-state index in [0.717, 1.165) is 6.07 Å². The summed E-state index contributed by atoms with van der Waals surface area (Å²) in [6.45, 7) is 3.52. The molecule has 3 nitrogen and oxygen atoms in total. The van der Waals surface area contributed by atoms with Crippen LogP contribution in [0.3, 0.4) is 0 Å². The predicted molar refractivity (Wildman–Crippen MR) is 65.9 cm³/mol. The molecule has 106 valence electrons. The number of nitrogens with one attached hydrogen (secondary N) is 1. The van der Waals surface area contributed by atoms with Crippen LogP contribution in [0.1, 0.15) is 25.8 Å². The van der Waals surface area contributed by atoms with Crippen molar-refractivity contribution in [1.29, 1.82) is 0 Å². The summed E-state index contributed by atoms with van der Waals surface area (Å²) in [7, 11) is 0. The summed E-state index contributed by atoms with van der Waals surface area (Å²) >= 11 is 0. The maximum atomic E-state index is 12.8. The number of halogens is 3. The molecule has 0 radical (unpaired) electrons. The molecule has 1 aromatic rings. The third-order valence-corrected chi connectivity index (χ3v) is 2.77. The van der Waals surface area contributed by atoms with Crippen LogP contribution >= 0.6 is 0 Å². The fourth-order valence-electron chi connectivity index (χ4n) is 1.70. The lowest BCUT2D eigenvalue weighted by Crippen LogP contribution is -2.29.